The lowest BCUT2D eigenvalue weighted by Gasteiger charge is -2.10. The molecule has 3 aromatic carbocycles. The molecule has 0 aliphatic rings. The van der Waals surface area contributed by atoms with Crippen molar-refractivity contribution in [2.75, 3.05) is 12.4 Å². The molecule has 0 fully saturated rings. The molecule has 1 aromatic heterocycles. The van der Waals surface area contributed by atoms with Crippen LogP contribution in [0.5, 0.6) is 17.4 Å². The summed E-state index contributed by atoms with van der Waals surface area (Å²) in [6.07, 6.45) is 0.449. The molecule has 9 heteroatoms. The van der Waals surface area contributed by atoms with Gasteiger partial charge in [0.2, 0.25) is 11.8 Å². The molecule has 35 heavy (non-hydrogen) atoms. The maximum Gasteiger partial charge on any atom is 0.230 e. The second-order valence-corrected chi connectivity index (χ2v) is 8.25. The molecular formula is C26H24FN3O4S. The molecule has 0 radical (unpaired) electrons. The number of rotatable bonds is 8. The lowest BCUT2D eigenvalue weighted by atomic mass is 10.1. The summed E-state index contributed by atoms with van der Waals surface area (Å²) in [5.74, 6) is -0.124. The number of hydrogen-bond donors (Lipinski definition) is 3. The number of imidazole rings is 1. The van der Waals surface area contributed by atoms with Gasteiger partial charge in [0.25, 0.3) is 0 Å². The number of phenolic OH excluding ortho intramolecular Hbond substituents is 1. The molecule has 1 heterocycles. The largest absolute Gasteiger partial charge is 0.508 e. The number of carbonyl (C=O) groups excluding carboxylic acids is 1. The van der Waals surface area contributed by atoms with E-state index in [0.717, 1.165) is 11.3 Å². The molecule has 0 aliphatic heterocycles. The van der Waals surface area contributed by atoms with E-state index in [2.05, 4.69) is 5.32 Å². The minimum atomic E-state index is -0.410. The molecule has 0 saturated heterocycles. The number of hydrogen-bond acceptors (Lipinski definition) is 5. The third kappa shape index (κ3) is 5.52. The number of methoxy groups -OCH3 is 1. The maximum atomic E-state index is 13.5. The zero-order chi connectivity index (χ0) is 24.9. The summed E-state index contributed by atoms with van der Waals surface area (Å²) in [7, 11) is 1.60. The van der Waals surface area contributed by atoms with Crippen molar-refractivity contribution in [2.24, 2.45) is 0 Å². The first kappa shape index (κ1) is 24.0. The van der Waals surface area contributed by atoms with E-state index >= 15 is 0 Å². The zero-order valence-corrected chi connectivity index (χ0v) is 19.8. The molecule has 0 spiro atoms. The summed E-state index contributed by atoms with van der Waals surface area (Å²) in [6, 6.07) is 19.3. The number of ether oxygens (including phenoxy) is 1. The van der Waals surface area contributed by atoms with Crippen LogP contribution < -0.4 is 10.1 Å². The summed E-state index contributed by atoms with van der Waals surface area (Å²) in [5.41, 5.74) is 2.36. The van der Waals surface area contributed by atoms with E-state index in [1.54, 1.807) is 23.8 Å². The Hall–Kier alpha value is -4.11. The Morgan fingerprint density at radius 3 is 2.29 bits per heavy atom. The smallest absolute Gasteiger partial charge is 0.230 e. The van der Waals surface area contributed by atoms with Crippen molar-refractivity contribution in [3.05, 3.63) is 94.6 Å². The second kappa shape index (κ2) is 10.4. The van der Waals surface area contributed by atoms with Gasteiger partial charge in [-0.1, -0.05) is 12.1 Å². The third-order valence-corrected chi connectivity index (χ3v) is 5.97. The van der Waals surface area contributed by atoms with Crippen molar-refractivity contribution in [1.82, 2.24) is 9.13 Å². The predicted octanol–water partition coefficient (Wildman–Crippen LogP) is 4.99. The van der Waals surface area contributed by atoms with Crippen LogP contribution >= 0.6 is 12.2 Å². The first-order valence-electron chi connectivity index (χ1n) is 10.9. The molecule has 180 valence electrons. The van der Waals surface area contributed by atoms with Gasteiger partial charge >= 0.3 is 0 Å². The van der Waals surface area contributed by atoms with Gasteiger partial charge in [-0.15, -0.1) is 0 Å². The highest BCUT2D eigenvalue weighted by atomic mass is 32.1. The average Bonchev–Trinajstić information content (AvgIpc) is 3.08. The number of phenols is 1. The molecule has 0 unspecified atom stereocenters. The Labute approximate surface area is 206 Å². The summed E-state index contributed by atoms with van der Waals surface area (Å²) < 4.78 is 22.1. The van der Waals surface area contributed by atoms with E-state index in [0.29, 0.717) is 30.0 Å². The van der Waals surface area contributed by atoms with Gasteiger partial charge in [-0.3, -0.25) is 9.36 Å². The highest BCUT2D eigenvalue weighted by molar-refractivity contribution is 7.71. The minimum absolute atomic E-state index is 0.0872. The number of nitrogens with one attached hydrogen (secondary N) is 1. The van der Waals surface area contributed by atoms with Crippen molar-refractivity contribution in [3.63, 3.8) is 0 Å². The Kier molecular flexibility index (Phi) is 7.17. The van der Waals surface area contributed by atoms with Gasteiger partial charge in [0, 0.05) is 12.2 Å². The zero-order valence-electron chi connectivity index (χ0n) is 18.9. The van der Waals surface area contributed by atoms with Crippen molar-refractivity contribution in [1.29, 1.82) is 0 Å². The number of halogens is 1. The van der Waals surface area contributed by atoms with Crippen LogP contribution in [0.15, 0.2) is 72.8 Å². The summed E-state index contributed by atoms with van der Waals surface area (Å²) in [5, 5.41) is 23.3. The third-order valence-electron chi connectivity index (χ3n) is 5.56. The van der Waals surface area contributed by atoms with E-state index in [9.17, 15) is 19.4 Å². The predicted molar refractivity (Wildman–Crippen MR) is 133 cm³/mol. The molecule has 0 bridgehead atoms. The first-order valence-corrected chi connectivity index (χ1v) is 11.3. The van der Waals surface area contributed by atoms with E-state index in [1.165, 1.54) is 41.0 Å². The van der Waals surface area contributed by atoms with Gasteiger partial charge in [-0.2, -0.15) is 0 Å². The standard InChI is InChI=1S/C26H24FN3O4S/c1-34-22-12-2-17(3-13-22)14-15-29-23(16-24(32)28-19-6-10-21(31)11-7-19)25(33)30(26(29)35)20-8-4-18(27)5-9-20/h2-13,31,33H,14-16H2,1H3,(H,28,32). The van der Waals surface area contributed by atoms with Crippen molar-refractivity contribution in [2.45, 2.75) is 19.4 Å². The normalized spacial score (nSPS) is 10.8. The number of aryl methyl sites for hydroxylation is 1. The number of anilines is 1. The van der Waals surface area contributed by atoms with E-state index < -0.39 is 5.82 Å². The monoisotopic (exact) mass is 493 g/mol. The topological polar surface area (TPSA) is 88.7 Å². The van der Waals surface area contributed by atoms with E-state index in [-0.39, 0.29) is 28.7 Å². The van der Waals surface area contributed by atoms with Crippen molar-refractivity contribution >= 4 is 23.8 Å². The number of aromatic nitrogens is 2. The molecule has 0 saturated carbocycles. The quantitative estimate of drug-likeness (QED) is 0.238. The molecule has 4 rings (SSSR count). The van der Waals surface area contributed by atoms with Crippen LogP contribution in [0.4, 0.5) is 10.1 Å². The summed E-state index contributed by atoms with van der Waals surface area (Å²) >= 11 is 5.66. The van der Waals surface area contributed by atoms with Crippen LogP contribution in [0.3, 0.4) is 0 Å². The lowest BCUT2D eigenvalue weighted by Crippen LogP contribution is -2.17. The maximum absolute atomic E-state index is 13.5. The van der Waals surface area contributed by atoms with Crippen molar-refractivity contribution in [3.8, 4) is 23.1 Å². The molecule has 0 atom stereocenters. The number of aromatic hydroxyl groups is 2. The van der Waals surface area contributed by atoms with Crippen LogP contribution in [0.25, 0.3) is 5.69 Å². The molecular weight excluding hydrogens is 469 g/mol. The van der Waals surface area contributed by atoms with Gasteiger partial charge in [0.15, 0.2) is 4.77 Å². The van der Waals surface area contributed by atoms with Gasteiger partial charge in [-0.25, -0.2) is 4.39 Å². The fraction of sp³-hybridized carbons (Fsp3) is 0.154. The van der Waals surface area contributed by atoms with Crippen molar-refractivity contribution < 1.29 is 24.1 Å². The Bertz CT molecular complexity index is 1380. The molecule has 0 aliphatic carbocycles. The highest BCUT2D eigenvalue weighted by Crippen LogP contribution is 2.27. The molecule has 1 amide bonds. The van der Waals surface area contributed by atoms with Crippen LogP contribution in [-0.4, -0.2) is 32.4 Å². The minimum Gasteiger partial charge on any atom is -0.508 e. The van der Waals surface area contributed by atoms with E-state index in [1.807, 2.05) is 24.3 Å². The number of carbonyl (C=O) groups is 1. The molecule has 3 N–H and O–H groups in total. The Morgan fingerprint density at radius 2 is 1.66 bits per heavy atom. The average molecular weight is 494 g/mol. The first-order chi connectivity index (χ1) is 16.9. The summed E-state index contributed by atoms with van der Waals surface area (Å²) in [4.78, 5) is 12.8. The van der Waals surface area contributed by atoms with Gasteiger partial charge in [-0.05, 0) is 84.9 Å². The SMILES string of the molecule is COc1ccc(CCn2c(CC(=O)Nc3ccc(O)cc3)c(O)n(-c3ccc(F)cc3)c2=S)cc1. The van der Waals surface area contributed by atoms with Crippen LogP contribution in [0.1, 0.15) is 11.3 Å². The Morgan fingerprint density at radius 1 is 1.00 bits per heavy atom. The second-order valence-electron chi connectivity index (χ2n) is 7.89. The van der Waals surface area contributed by atoms with Crippen LogP contribution in [0, 0.1) is 10.6 Å². The Balaban J connectivity index is 1.65. The number of benzene rings is 3. The lowest BCUT2D eigenvalue weighted by molar-refractivity contribution is -0.115. The fourth-order valence-electron chi connectivity index (χ4n) is 3.74. The van der Waals surface area contributed by atoms with E-state index in [4.69, 9.17) is 17.0 Å². The summed E-state index contributed by atoms with van der Waals surface area (Å²) in [6.45, 7) is 0.411. The van der Waals surface area contributed by atoms with Crippen LogP contribution in [0.2, 0.25) is 0 Å². The van der Waals surface area contributed by atoms with Gasteiger partial charge < -0.3 is 24.8 Å². The van der Waals surface area contributed by atoms with Gasteiger partial charge in [0.1, 0.15) is 17.3 Å². The number of nitrogens with zero attached hydrogens (tertiary/aromatic N) is 2. The molecule has 7 nitrogen and oxygen atoms in total. The van der Waals surface area contributed by atoms with Crippen LogP contribution in [-0.2, 0) is 24.2 Å². The fourth-order valence-corrected chi connectivity index (χ4v) is 4.13. The van der Waals surface area contributed by atoms with Gasteiger partial charge in [0.05, 0.1) is 24.9 Å². The molecule has 4 aromatic rings. The highest BCUT2D eigenvalue weighted by Gasteiger charge is 2.21. The number of amides is 1.